The molecule has 0 bridgehead atoms. The molecule has 2 fully saturated rings. The summed E-state index contributed by atoms with van der Waals surface area (Å²) in [5.74, 6) is 0. The Morgan fingerprint density at radius 3 is 3.00 bits per heavy atom. The zero-order valence-electron chi connectivity index (χ0n) is 3.68. The van der Waals surface area contributed by atoms with Gasteiger partial charge < -0.3 is 10.1 Å². The van der Waals surface area contributed by atoms with Gasteiger partial charge >= 0.3 is 0 Å². The van der Waals surface area contributed by atoms with Gasteiger partial charge in [0.25, 0.3) is 5.17 Å². The molecule has 2 atom stereocenters. The van der Waals surface area contributed by atoms with Crippen LogP contribution in [0.3, 0.4) is 0 Å². The molecule has 0 aromatic heterocycles. The monoisotopic (exact) mass is 115 g/mol. The van der Waals surface area contributed by atoms with Gasteiger partial charge in [-0.05, 0) is 12.2 Å². The van der Waals surface area contributed by atoms with Gasteiger partial charge in [0.05, 0.1) is 6.04 Å². The Balaban J connectivity index is 2.14. The van der Waals surface area contributed by atoms with Crippen molar-refractivity contribution in [3.63, 3.8) is 0 Å². The second-order valence-electron chi connectivity index (χ2n) is 1.93. The summed E-state index contributed by atoms with van der Waals surface area (Å²) in [6.45, 7) is 0. The molecule has 1 N–H and O–H groups in total. The Morgan fingerprint density at radius 1 is 1.86 bits per heavy atom. The SMILES string of the molecule is S=C1NC2CC2O1. The molecule has 2 rings (SSSR count). The summed E-state index contributed by atoms with van der Waals surface area (Å²) in [4.78, 5) is 0. The van der Waals surface area contributed by atoms with Crippen LogP contribution in [0.5, 0.6) is 0 Å². The third kappa shape index (κ3) is 0.413. The Kier molecular flexibility index (Phi) is 0.479. The van der Waals surface area contributed by atoms with Gasteiger partial charge in [0, 0.05) is 6.42 Å². The number of ether oxygens (including phenoxy) is 1. The average molecular weight is 115 g/mol. The first kappa shape index (κ1) is 3.66. The lowest BCUT2D eigenvalue weighted by molar-refractivity contribution is 0.314. The molecule has 1 saturated carbocycles. The molecule has 1 aliphatic carbocycles. The van der Waals surface area contributed by atoms with Crippen LogP contribution < -0.4 is 5.32 Å². The third-order valence-electron chi connectivity index (χ3n) is 1.29. The van der Waals surface area contributed by atoms with E-state index in [1.54, 1.807) is 0 Å². The molecule has 0 aromatic rings. The van der Waals surface area contributed by atoms with Crippen molar-refractivity contribution in [3.8, 4) is 0 Å². The quantitative estimate of drug-likeness (QED) is 0.450. The normalized spacial score (nSPS) is 44.3. The molecule has 2 unspecified atom stereocenters. The van der Waals surface area contributed by atoms with Gasteiger partial charge in [0.1, 0.15) is 6.10 Å². The molecular formula is C4H5NOS. The molecule has 1 aliphatic heterocycles. The van der Waals surface area contributed by atoms with Gasteiger partial charge in [-0.3, -0.25) is 0 Å². The van der Waals surface area contributed by atoms with Crippen molar-refractivity contribution in [2.75, 3.05) is 0 Å². The minimum absolute atomic E-state index is 0.437. The van der Waals surface area contributed by atoms with Crippen LogP contribution in [-0.4, -0.2) is 17.3 Å². The number of hydrogen-bond donors (Lipinski definition) is 1. The predicted molar refractivity (Wildman–Crippen MR) is 29.0 cm³/mol. The van der Waals surface area contributed by atoms with Crippen molar-refractivity contribution >= 4 is 17.4 Å². The summed E-state index contributed by atoms with van der Waals surface area (Å²) < 4.78 is 5.06. The average Bonchev–Trinajstić information content (AvgIpc) is 2.15. The summed E-state index contributed by atoms with van der Waals surface area (Å²) >= 11 is 4.69. The van der Waals surface area contributed by atoms with Crippen LogP contribution in [0.1, 0.15) is 6.42 Å². The van der Waals surface area contributed by atoms with E-state index in [1.165, 1.54) is 0 Å². The maximum Gasteiger partial charge on any atom is 0.257 e. The fourth-order valence-corrected chi connectivity index (χ4v) is 1.05. The summed E-state index contributed by atoms with van der Waals surface area (Å²) in [6.07, 6.45) is 1.59. The lowest BCUT2D eigenvalue weighted by Crippen LogP contribution is -2.17. The van der Waals surface area contributed by atoms with Gasteiger partial charge in [-0.15, -0.1) is 0 Å². The minimum atomic E-state index is 0.437. The van der Waals surface area contributed by atoms with Crippen LogP contribution >= 0.6 is 12.2 Å². The maximum absolute atomic E-state index is 5.06. The van der Waals surface area contributed by atoms with Crippen LogP contribution in [-0.2, 0) is 4.74 Å². The second kappa shape index (κ2) is 0.916. The van der Waals surface area contributed by atoms with E-state index in [0.29, 0.717) is 17.3 Å². The Hall–Kier alpha value is -0.310. The molecule has 38 valence electrons. The van der Waals surface area contributed by atoms with Gasteiger partial charge in [0.2, 0.25) is 0 Å². The van der Waals surface area contributed by atoms with Crippen molar-refractivity contribution in [2.45, 2.75) is 18.6 Å². The largest absolute Gasteiger partial charge is 0.465 e. The molecule has 1 saturated heterocycles. The molecule has 2 nitrogen and oxygen atoms in total. The van der Waals surface area contributed by atoms with Crippen molar-refractivity contribution in [1.29, 1.82) is 0 Å². The summed E-state index contributed by atoms with van der Waals surface area (Å²) in [5.41, 5.74) is 0. The van der Waals surface area contributed by atoms with Crippen LogP contribution in [0.4, 0.5) is 0 Å². The van der Waals surface area contributed by atoms with E-state index in [0.717, 1.165) is 6.42 Å². The van der Waals surface area contributed by atoms with E-state index >= 15 is 0 Å². The number of hydrogen-bond acceptors (Lipinski definition) is 2. The molecule has 0 aromatic carbocycles. The van der Waals surface area contributed by atoms with Crippen LogP contribution in [0.25, 0.3) is 0 Å². The van der Waals surface area contributed by atoms with Gasteiger partial charge in [-0.25, -0.2) is 0 Å². The number of nitrogens with one attached hydrogen (secondary N) is 1. The highest BCUT2D eigenvalue weighted by Gasteiger charge is 2.46. The van der Waals surface area contributed by atoms with Crippen LogP contribution in [0, 0.1) is 0 Å². The van der Waals surface area contributed by atoms with Gasteiger partial charge in [-0.1, -0.05) is 0 Å². The standard InChI is InChI=1S/C4H5NOS/c7-4-5-2-1-3(2)6-4/h2-3H,1H2,(H,5,7). The zero-order valence-corrected chi connectivity index (χ0v) is 4.49. The fraction of sp³-hybridized carbons (Fsp3) is 0.750. The van der Waals surface area contributed by atoms with E-state index < -0.39 is 0 Å². The van der Waals surface area contributed by atoms with E-state index in [9.17, 15) is 0 Å². The van der Waals surface area contributed by atoms with Gasteiger partial charge in [0.15, 0.2) is 0 Å². The highest BCUT2D eigenvalue weighted by molar-refractivity contribution is 7.80. The van der Waals surface area contributed by atoms with Crippen LogP contribution in [0.2, 0.25) is 0 Å². The highest BCUT2D eigenvalue weighted by atomic mass is 32.1. The first-order valence-corrected chi connectivity index (χ1v) is 2.74. The second-order valence-corrected chi connectivity index (χ2v) is 2.30. The smallest absolute Gasteiger partial charge is 0.257 e. The molecular weight excluding hydrogens is 110 g/mol. The maximum atomic E-state index is 5.06. The van der Waals surface area contributed by atoms with Crippen molar-refractivity contribution in [2.24, 2.45) is 0 Å². The van der Waals surface area contributed by atoms with E-state index in [-0.39, 0.29) is 0 Å². The predicted octanol–water partition coefficient (Wildman–Crippen LogP) is 0.0320. The van der Waals surface area contributed by atoms with Crippen molar-refractivity contribution in [1.82, 2.24) is 5.32 Å². The first-order valence-electron chi connectivity index (χ1n) is 2.33. The summed E-state index contributed by atoms with van der Waals surface area (Å²) in [5, 5.41) is 3.58. The molecule has 0 radical (unpaired) electrons. The number of thiocarbonyl (C=S) groups is 1. The number of rotatable bonds is 0. The van der Waals surface area contributed by atoms with E-state index in [1.807, 2.05) is 0 Å². The molecule has 0 spiro atoms. The summed E-state index contributed by atoms with van der Waals surface area (Å²) in [7, 11) is 0. The first-order chi connectivity index (χ1) is 3.36. The zero-order chi connectivity index (χ0) is 4.85. The molecule has 7 heavy (non-hydrogen) atoms. The molecule has 3 heteroatoms. The van der Waals surface area contributed by atoms with Crippen molar-refractivity contribution in [3.05, 3.63) is 0 Å². The highest BCUT2D eigenvalue weighted by Crippen LogP contribution is 2.30. The Labute approximate surface area is 46.8 Å². The fourth-order valence-electron chi connectivity index (χ4n) is 0.777. The molecule has 1 heterocycles. The number of fused-ring (bicyclic) bond motifs is 1. The Bertz CT molecular complexity index is 113. The molecule has 0 amide bonds. The lowest BCUT2D eigenvalue weighted by Gasteiger charge is -1.94. The van der Waals surface area contributed by atoms with E-state index in [4.69, 9.17) is 17.0 Å². The Morgan fingerprint density at radius 2 is 2.71 bits per heavy atom. The lowest BCUT2D eigenvalue weighted by atomic mass is 10.7. The topological polar surface area (TPSA) is 21.3 Å². The summed E-state index contributed by atoms with van der Waals surface area (Å²) in [6, 6.07) is 0.576. The minimum Gasteiger partial charge on any atom is -0.465 e. The van der Waals surface area contributed by atoms with Crippen molar-refractivity contribution < 1.29 is 4.74 Å². The van der Waals surface area contributed by atoms with E-state index in [2.05, 4.69) is 5.32 Å². The van der Waals surface area contributed by atoms with Gasteiger partial charge in [-0.2, -0.15) is 0 Å². The third-order valence-corrected chi connectivity index (χ3v) is 1.51. The van der Waals surface area contributed by atoms with Crippen LogP contribution in [0.15, 0.2) is 0 Å². The molecule has 2 aliphatic rings.